The van der Waals surface area contributed by atoms with Crippen molar-refractivity contribution in [3.8, 4) is 11.3 Å². The number of para-hydroxylation sites is 1. The minimum Gasteiger partial charge on any atom is -0.453 e. The molecule has 0 aliphatic rings. The van der Waals surface area contributed by atoms with Crippen molar-refractivity contribution in [1.82, 2.24) is 0 Å². The summed E-state index contributed by atoms with van der Waals surface area (Å²) in [4.78, 5) is 23.7. The molecule has 1 aromatic heterocycles. The van der Waals surface area contributed by atoms with Gasteiger partial charge in [0.1, 0.15) is 5.76 Å². The maximum absolute atomic E-state index is 12.8. The monoisotopic (exact) mass is 382 g/mol. The first-order chi connectivity index (χ1) is 14.2. The second-order valence-electron chi connectivity index (χ2n) is 6.39. The minimum absolute atomic E-state index is 0.219. The SMILES string of the molecule is O=Cc1ccc(-c2ccccc2C(=O)Nc2ccc(Nc3ccccc3)cc2)o1. The molecule has 0 bridgehead atoms. The van der Waals surface area contributed by atoms with Crippen LogP contribution >= 0.6 is 0 Å². The maximum atomic E-state index is 12.8. The molecule has 4 aromatic rings. The lowest BCUT2D eigenvalue weighted by atomic mass is 10.0. The zero-order chi connectivity index (χ0) is 20.1. The van der Waals surface area contributed by atoms with Crippen LogP contribution < -0.4 is 10.6 Å². The summed E-state index contributed by atoms with van der Waals surface area (Å²) >= 11 is 0. The molecule has 1 amide bonds. The number of nitrogens with one attached hydrogen (secondary N) is 2. The second-order valence-corrected chi connectivity index (χ2v) is 6.39. The number of furan rings is 1. The molecule has 0 saturated carbocycles. The van der Waals surface area contributed by atoms with Crippen molar-refractivity contribution in [2.24, 2.45) is 0 Å². The highest BCUT2D eigenvalue weighted by Gasteiger charge is 2.15. The zero-order valence-corrected chi connectivity index (χ0v) is 15.5. The number of hydrogen-bond acceptors (Lipinski definition) is 4. The van der Waals surface area contributed by atoms with Crippen LogP contribution in [-0.2, 0) is 0 Å². The van der Waals surface area contributed by atoms with E-state index in [1.54, 1.807) is 30.3 Å². The van der Waals surface area contributed by atoms with Crippen molar-refractivity contribution in [1.29, 1.82) is 0 Å². The van der Waals surface area contributed by atoms with Gasteiger partial charge in [-0.3, -0.25) is 9.59 Å². The number of aldehydes is 1. The molecule has 0 fully saturated rings. The van der Waals surface area contributed by atoms with Crippen LogP contribution in [0.25, 0.3) is 11.3 Å². The van der Waals surface area contributed by atoms with Gasteiger partial charge in [0.05, 0.1) is 5.56 Å². The van der Waals surface area contributed by atoms with Crippen LogP contribution in [0.15, 0.2) is 95.4 Å². The van der Waals surface area contributed by atoms with E-state index in [0.29, 0.717) is 28.9 Å². The number of carbonyl (C=O) groups excluding carboxylic acids is 2. The number of hydrogen-bond donors (Lipinski definition) is 2. The molecular weight excluding hydrogens is 364 g/mol. The third-order valence-corrected chi connectivity index (χ3v) is 4.39. The summed E-state index contributed by atoms with van der Waals surface area (Å²) in [5.41, 5.74) is 3.68. The van der Waals surface area contributed by atoms with Crippen molar-refractivity contribution in [3.05, 3.63) is 102 Å². The third kappa shape index (κ3) is 4.25. The van der Waals surface area contributed by atoms with Crippen molar-refractivity contribution in [2.45, 2.75) is 0 Å². The molecule has 4 rings (SSSR count). The molecule has 0 atom stereocenters. The van der Waals surface area contributed by atoms with Gasteiger partial charge in [-0.15, -0.1) is 0 Å². The molecular formula is C24H18N2O3. The molecule has 29 heavy (non-hydrogen) atoms. The third-order valence-electron chi connectivity index (χ3n) is 4.39. The van der Waals surface area contributed by atoms with Crippen molar-refractivity contribution in [2.75, 3.05) is 10.6 Å². The molecule has 0 aliphatic carbocycles. The largest absolute Gasteiger partial charge is 0.453 e. The minimum atomic E-state index is -0.256. The molecule has 5 nitrogen and oxygen atoms in total. The summed E-state index contributed by atoms with van der Waals surface area (Å²) in [5, 5.41) is 6.20. The Balaban J connectivity index is 1.50. The Morgan fingerprint density at radius 1 is 0.724 bits per heavy atom. The van der Waals surface area contributed by atoms with Gasteiger partial charge in [0.25, 0.3) is 5.91 Å². The molecule has 0 radical (unpaired) electrons. The Morgan fingerprint density at radius 2 is 1.38 bits per heavy atom. The van der Waals surface area contributed by atoms with Crippen molar-refractivity contribution in [3.63, 3.8) is 0 Å². The van der Waals surface area contributed by atoms with Gasteiger partial charge in [-0.2, -0.15) is 0 Å². The van der Waals surface area contributed by atoms with Gasteiger partial charge < -0.3 is 15.1 Å². The average Bonchev–Trinajstić information content (AvgIpc) is 3.25. The Bertz CT molecular complexity index is 1130. The summed E-state index contributed by atoms with van der Waals surface area (Å²) in [7, 11) is 0. The van der Waals surface area contributed by atoms with E-state index in [1.807, 2.05) is 60.7 Å². The van der Waals surface area contributed by atoms with E-state index in [4.69, 9.17) is 4.42 Å². The Morgan fingerprint density at radius 3 is 2.10 bits per heavy atom. The van der Waals surface area contributed by atoms with Crippen LogP contribution in [0.2, 0.25) is 0 Å². The highest BCUT2D eigenvalue weighted by atomic mass is 16.3. The fraction of sp³-hybridized carbons (Fsp3) is 0. The first-order valence-corrected chi connectivity index (χ1v) is 9.11. The number of benzene rings is 3. The van der Waals surface area contributed by atoms with E-state index in [0.717, 1.165) is 11.4 Å². The Kier molecular flexibility index (Phi) is 5.21. The summed E-state index contributed by atoms with van der Waals surface area (Å²) in [6, 6.07) is 27.7. The Labute approximate surface area is 168 Å². The number of amides is 1. The first-order valence-electron chi connectivity index (χ1n) is 9.11. The van der Waals surface area contributed by atoms with Crippen LogP contribution in [0.5, 0.6) is 0 Å². The van der Waals surface area contributed by atoms with Crippen molar-refractivity contribution >= 4 is 29.3 Å². The fourth-order valence-electron chi connectivity index (χ4n) is 2.98. The lowest BCUT2D eigenvalue weighted by Crippen LogP contribution is -2.13. The van der Waals surface area contributed by atoms with E-state index in [-0.39, 0.29) is 11.7 Å². The molecule has 0 aliphatic heterocycles. The molecule has 1 heterocycles. The van der Waals surface area contributed by atoms with Crippen LogP contribution in [-0.4, -0.2) is 12.2 Å². The van der Waals surface area contributed by atoms with Crippen LogP contribution in [0, 0.1) is 0 Å². The normalized spacial score (nSPS) is 10.3. The molecule has 0 unspecified atom stereocenters. The van der Waals surface area contributed by atoms with E-state index >= 15 is 0 Å². The van der Waals surface area contributed by atoms with E-state index < -0.39 is 0 Å². The van der Waals surface area contributed by atoms with Gasteiger partial charge in [-0.25, -0.2) is 0 Å². The van der Waals surface area contributed by atoms with Gasteiger partial charge >= 0.3 is 0 Å². The van der Waals surface area contributed by atoms with Crippen LogP contribution in [0.3, 0.4) is 0 Å². The standard InChI is InChI=1S/C24H18N2O3/c27-16-20-14-15-23(29-20)21-8-4-5-9-22(21)24(28)26-19-12-10-18(11-13-19)25-17-6-2-1-3-7-17/h1-16,25H,(H,26,28). The van der Waals surface area contributed by atoms with Gasteiger partial charge in [0, 0.05) is 22.6 Å². The summed E-state index contributed by atoms with van der Waals surface area (Å²) < 4.78 is 5.48. The smallest absolute Gasteiger partial charge is 0.256 e. The number of anilines is 3. The zero-order valence-electron chi connectivity index (χ0n) is 15.5. The van der Waals surface area contributed by atoms with Gasteiger partial charge in [-0.1, -0.05) is 36.4 Å². The molecule has 142 valence electrons. The average molecular weight is 382 g/mol. The highest BCUT2D eigenvalue weighted by Crippen LogP contribution is 2.26. The maximum Gasteiger partial charge on any atom is 0.256 e. The second kappa shape index (κ2) is 8.27. The fourth-order valence-corrected chi connectivity index (χ4v) is 2.98. The van der Waals surface area contributed by atoms with Gasteiger partial charge in [-0.05, 0) is 54.6 Å². The van der Waals surface area contributed by atoms with Crippen molar-refractivity contribution < 1.29 is 14.0 Å². The van der Waals surface area contributed by atoms with E-state index in [9.17, 15) is 9.59 Å². The summed E-state index contributed by atoms with van der Waals surface area (Å²) in [6.45, 7) is 0. The lowest BCUT2D eigenvalue weighted by Gasteiger charge is -2.10. The number of carbonyl (C=O) groups is 2. The van der Waals surface area contributed by atoms with Gasteiger partial charge in [0.2, 0.25) is 0 Å². The Hall–Kier alpha value is -4.12. The topological polar surface area (TPSA) is 71.3 Å². The van der Waals surface area contributed by atoms with E-state index in [2.05, 4.69) is 10.6 Å². The predicted molar refractivity (Wildman–Crippen MR) is 114 cm³/mol. The quantitative estimate of drug-likeness (QED) is 0.416. The number of rotatable bonds is 6. The summed E-state index contributed by atoms with van der Waals surface area (Å²) in [6.07, 6.45) is 0.636. The molecule has 0 spiro atoms. The van der Waals surface area contributed by atoms with E-state index in [1.165, 1.54) is 0 Å². The molecule has 3 aromatic carbocycles. The first kappa shape index (κ1) is 18.3. The lowest BCUT2D eigenvalue weighted by molar-refractivity contribution is 0.102. The highest BCUT2D eigenvalue weighted by molar-refractivity contribution is 6.08. The molecule has 2 N–H and O–H groups in total. The summed E-state index contributed by atoms with van der Waals surface area (Å²) in [5.74, 6) is 0.436. The molecule has 5 heteroatoms. The predicted octanol–water partition coefficient (Wildman–Crippen LogP) is 5.76. The van der Waals surface area contributed by atoms with Crippen LogP contribution in [0.4, 0.5) is 17.1 Å². The van der Waals surface area contributed by atoms with Crippen LogP contribution in [0.1, 0.15) is 20.9 Å². The van der Waals surface area contributed by atoms with Gasteiger partial charge in [0.15, 0.2) is 12.0 Å². The molecule has 0 saturated heterocycles.